The first-order chi connectivity index (χ1) is 5.88. The average molecular weight is 181 g/mol. The fourth-order valence-corrected chi connectivity index (χ4v) is 1.67. The quantitative estimate of drug-likeness (QED) is 0.549. The van der Waals surface area contributed by atoms with Gasteiger partial charge in [-0.25, -0.2) is 0 Å². The van der Waals surface area contributed by atoms with Gasteiger partial charge >= 0.3 is 0 Å². The zero-order valence-corrected chi connectivity index (χ0v) is 7.47. The number of hydrogen-bond donors (Lipinski definition) is 2. The predicted molar refractivity (Wildman–Crippen MR) is 52.1 cm³/mol. The van der Waals surface area contributed by atoms with E-state index in [0.717, 1.165) is 10.5 Å². The van der Waals surface area contributed by atoms with E-state index in [0.29, 0.717) is 5.75 Å². The van der Waals surface area contributed by atoms with Crippen LogP contribution in [-0.2, 0) is 0 Å². The smallest absolute Gasteiger partial charge is 0.0525 e. The minimum absolute atomic E-state index is 0.178. The Bertz CT molecular complexity index is 262. The Morgan fingerprint density at radius 1 is 1.42 bits per heavy atom. The van der Waals surface area contributed by atoms with Gasteiger partial charge in [-0.15, -0.1) is 11.8 Å². The molecule has 0 aliphatic carbocycles. The van der Waals surface area contributed by atoms with Gasteiger partial charge < -0.3 is 10.5 Å². The summed E-state index contributed by atoms with van der Waals surface area (Å²) >= 11 is 1.57. The molecule has 0 bridgehead atoms. The number of aliphatic hydroxyl groups is 1. The van der Waals surface area contributed by atoms with Gasteiger partial charge in [0.1, 0.15) is 0 Å². The van der Waals surface area contributed by atoms with Crippen LogP contribution in [0.4, 0.5) is 0 Å². The van der Waals surface area contributed by atoms with Crippen molar-refractivity contribution in [1.29, 1.82) is 5.41 Å². The summed E-state index contributed by atoms with van der Waals surface area (Å²) in [5, 5.41) is 15.7. The second-order valence-corrected chi connectivity index (χ2v) is 3.39. The van der Waals surface area contributed by atoms with Crippen LogP contribution in [0.1, 0.15) is 5.56 Å². The SMILES string of the molecule is N=Cc1ccccc1SCCO. The van der Waals surface area contributed by atoms with Gasteiger partial charge in [0, 0.05) is 22.4 Å². The van der Waals surface area contributed by atoms with Crippen molar-refractivity contribution in [2.45, 2.75) is 4.90 Å². The third-order valence-electron chi connectivity index (χ3n) is 1.42. The van der Waals surface area contributed by atoms with Crippen molar-refractivity contribution in [3.8, 4) is 0 Å². The molecule has 0 spiro atoms. The lowest BCUT2D eigenvalue weighted by Gasteiger charge is -2.02. The number of hydrogen-bond acceptors (Lipinski definition) is 3. The number of benzene rings is 1. The molecule has 0 saturated carbocycles. The van der Waals surface area contributed by atoms with E-state index >= 15 is 0 Å². The normalized spacial score (nSPS) is 9.75. The standard InChI is InChI=1S/C9H11NOS/c10-7-8-3-1-2-4-9(8)12-6-5-11/h1-4,7,10-11H,5-6H2. The Kier molecular flexibility index (Phi) is 3.84. The molecule has 64 valence electrons. The molecule has 0 amide bonds. The summed E-state index contributed by atoms with van der Waals surface area (Å²) in [6.45, 7) is 0.178. The van der Waals surface area contributed by atoms with E-state index in [2.05, 4.69) is 0 Å². The summed E-state index contributed by atoms with van der Waals surface area (Å²) in [5.74, 6) is 0.685. The van der Waals surface area contributed by atoms with Crippen LogP contribution in [0.2, 0.25) is 0 Å². The molecule has 2 nitrogen and oxygen atoms in total. The third kappa shape index (κ3) is 2.36. The van der Waals surface area contributed by atoms with Crippen LogP contribution in [-0.4, -0.2) is 23.7 Å². The van der Waals surface area contributed by atoms with Crippen LogP contribution in [0.25, 0.3) is 0 Å². The van der Waals surface area contributed by atoms with Crippen molar-refractivity contribution in [1.82, 2.24) is 0 Å². The maximum Gasteiger partial charge on any atom is 0.0525 e. The maximum absolute atomic E-state index is 8.61. The molecule has 0 fully saturated rings. The van der Waals surface area contributed by atoms with Crippen LogP contribution in [0.15, 0.2) is 29.2 Å². The summed E-state index contributed by atoms with van der Waals surface area (Å²) in [4.78, 5) is 1.06. The molecule has 0 aromatic heterocycles. The van der Waals surface area contributed by atoms with Gasteiger partial charge in [-0.3, -0.25) is 0 Å². The van der Waals surface area contributed by atoms with E-state index in [1.807, 2.05) is 24.3 Å². The highest BCUT2D eigenvalue weighted by atomic mass is 32.2. The highest BCUT2D eigenvalue weighted by Crippen LogP contribution is 2.20. The molecule has 0 saturated heterocycles. The molecule has 0 atom stereocenters. The number of nitrogens with one attached hydrogen (secondary N) is 1. The molecule has 12 heavy (non-hydrogen) atoms. The van der Waals surface area contributed by atoms with Crippen molar-refractivity contribution in [3.63, 3.8) is 0 Å². The van der Waals surface area contributed by atoms with Crippen LogP contribution < -0.4 is 0 Å². The molecule has 0 aliphatic rings. The number of rotatable bonds is 4. The fourth-order valence-electron chi connectivity index (χ4n) is 0.887. The Morgan fingerprint density at radius 3 is 2.83 bits per heavy atom. The van der Waals surface area contributed by atoms with Crippen molar-refractivity contribution in [2.75, 3.05) is 12.4 Å². The Balaban J connectivity index is 2.75. The van der Waals surface area contributed by atoms with E-state index in [1.165, 1.54) is 6.21 Å². The highest BCUT2D eigenvalue weighted by molar-refractivity contribution is 7.99. The van der Waals surface area contributed by atoms with Gasteiger partial charge in [-0.1, -0.05) is 18.2 Å². The van der Waals surface area contributed by atoms with Gasteiger partial charge in [-0.2, -0.15) is 0 Å². The molecule has 3 heteroatoms. The molecule has 0 heterocycles. The molecule has 1 aromatic rings. The minimum Gasteiger partial charge on any atom is -0.396 e. The lowest BCUT2D eigenvalue weighted by Crippen LogP contribution is -1.89. The lowest BCUT2D eigenvalue weighted by atomic mass is 10.2. The van der Waals surface area contributed by atoms with Crippen LogP contribution in [0.3, 0.4) is 0 Å². The summed E-state index contributed by atoms with van der Waals surface area (Å²) in [6.07, 6.45) is 1.33. The van der Waals surface area contributed by atoms with E-state index in [4.69, 9.17) is 10.5 Å². The molecule has 1 rings (SSSR count). The van der Waals surface area contributed by atoms with Crippen molar-refractivity contribution in [3.05, 3.63) is 29.8 Å². The van der Waals surface area contributed by atoms with Crippen LogP contribution >= 0.6 is 11.8 Å². The highest BCUT2D eigenvalue weighted by Gasteiger charge is 1.97. The second-order valence-electron chi connectivity index (χ2n) is 2.25. The zero-order valence-electron chi connectivity index (χ0n) is 6.66. The summed E-state index contributed by atoms with van der Waals surface area (Å²) in [7, 11) is 0. The molecule has 0 unspecified atom stereocenters. The van der Waals surface area contributed by atoms with Gasteiger partial charge in [0.05, 0.1) is 6.61 Å². The van der Waals surface area contributed by atoms with Crippen LogP contribution in [0.5, 0.6) is 0 Å². The summed E-state index contributed by atoms with van der Waals surface area (Å²) < 4.78 is 0. The largest absolute Gasteiger partial charge is 0.396 e. The van der Waals surface area contributed by atoms with Gasteiger partial charge in [0.15, 0.2) is 0 Å². The van der Waals surface area contributed by atoms with Crippen LogP contribution in [0, 0.1) is 5.41 Å². The predicted octanol–water partition coefficient (Wildman–Crippen LogP) is 1.77. The molecular formula is C9H11NOS. The Labute approximate surface area is 76.1 Å². The van der Waals surface area contributed by atoms with Gasteiger partial charge in [0.2, 0.25) is 0 Å². The lowest BCUT2D eigenvalue weighted by molar-refractivity contribution is 0.322. The van der Waals surface area contributed by atoms with E-state index in [9.17, 15) is 0 Å². The molecular weight excluding hydrogens is 170 g/mol. The van der Waals surface area contributed by atoms with Crippen molar-refractivity contribution in [2.24, 2.45) is 0 Å². The topological polar surface area (TPSA) is 44.1 Å². The number of aliphatic hydroxyl groups excluding tert-OH is 1. The monoisotopic (exact) mass is 181 g/mol. The average Bonchev–Trinajstić information content (AvgIpc) is 2.15. The molecule has 1 aromatic carbocycles. The van der Waals surface area contributed by atoms with E-state index in [1.54, 1.807) is 11.8 Å². The first-order valence-corrected chi connectivity index (χ1v) is 4.70. The Morgan fingerprint density at radius 2 is 2.17 bits per heavy atom. The zero-order chi connectivity index (χ0) is 8.81. The first-order valence-electron chi connectivity index (χ1n) is 3.71. The third-order valence-corrected chi connectivity index (χ3v) is 2.49. The van der Waals surface area contributed by atoms with Gasteiger partial charge in [0.25, 0.3) is 0 Å². The summed E-state index contributed by atoms with van der Waals surface area (Å²) in [5.41, 5.74) is 0.913. The molecule has 0 aliphatic heterocycles. The van der Waals surface area contributed by atoms with E-state index < -0.39 is 0 Å². The van der Waals surface area contributed by atoms with Gasteiger partial charge in [-0.05, 0) is 6.07 Å². The summed E-state index contributed by atoms with van der Waals surface area (Å²) in [6, 6.07) is 7.70. The molecule has 0 radical (unpaired) electrons. The van der Waals surface area contributed by atoms with E-state index in [-0.39, 0.29) is 6.61 Å². The fraction of sp³-hybridized carbons (Fsp3) is 0.222. The molecule has 2 N–H and O–H groups in total. The van der Waals surface area contributed by atoms with Crippen molar-refractivity contribution < 1.29 is 5.11 Å². The second kappa shape index (κ2) is 4.95. The van der Waals surface area contributed by atoms with Crippen molar-refractivity contribution >= 4 is 18.0 Å². The minimum atomic E-state index is 0.178. The first kappa shape index (κ1) is 9.29. The number of thioether (sulfide) groups is 1. The Hall–Kier alpha value is -0.800. The maximum atomic E-state index is 8.61.